The molecule has 0 saturated carbocycles. The second-order valence-corrected chi connectivity index (χ2v) is 7.25. The average Bonchev–Trinajstić information content (AvgIpc) is 2.73. The summed E-state index contributed by atoms with van der Waals surface area (Å²) in [5.41, 5.74) is 0.693. The standard InChI is InChI=1S/C21H9F13N2O2/c22-6-1-3-9(35)13(20(29,30)31)16(6)37-11-5-8(24)12(19(26,27)28)18(15(11)25)38-17-7(23)2-4-10(36)14(17)21(32,33)34/h1-5H,35-36H2. The number of nitrogens with two attached hydrogens (primary N) is 2. The zero-order valence-electron chi connectivity index (χ0n) is 17.8. The Morgan fingerprint density at radius 2 is 0.895 bits per heavy atom. The third kappa shape index (κ3) is 5.31. The maximum Gasteiger partial charge on any atom is 0.422 e. The summed E-state index contributed by atoms with van der Waals surface area (Å²) in [5, 5.41) is 0. The van der Waals surface area contributed by atoms with Crippen LogP contribution >= 0.6 is 0 Å². The number of ether oxygens (including phenoxy) is 2. The number of hydrogen-bond donors (Lipinski definition) is 2. The molecule has 0 atom stereocenters. The number of halogens is 13. The fourth-order valence-corrected chi connectivity index (χ4v) is 3.16. The van der Waals surface area contributed by atoms with Crippen molar-refractivity contribution in [2.45, 2.75) is 18.5 Å². The van der Waals surface area contributed by atoms with Crippen LogP contribution in [0.25, 0.3) is 0 Å². The Morgan fingerprint density at radius 3 is 1.29 bits per heavy atom. The molecule has 0 heterocycles. The van der Waals surface area contributed by atoms with Crippen molar-refractivity contribution < 1.29 is 66.5 Å². The van der Waals surface area contributed by atoms with E-state index in [9.17, 15) is 52.7 Å². The van der Waals surface area contributed by atoms with Crippen LogP contribution in [0.15, 0.2) is 30.3 Å². The fraction of sp³-hybridized carbons (Fsp3) is 0.143. The zero-order valence-corrected chi connectivity index (χ0v) is 17.8. The highest BCUT2D eigenvalue weighted by Crippen LogP contribution is 2.50. The van der Waals surface area contributed by atoms with Gasteiger partial charge in [0, 0.05) is 17.4 Å². The van der Waals surface area contributed by atoms with Crippen molar-refractivity contribution in [3.8, 4) is 23.0 Å². The first-order chi connectivity index (χ1) is 17.2. The van der Waals surface area contributed by atoms with Gasteiger partial charge < -0.3 is 20.9 Å². The summed E-state index contributed by atoms with van der Waals surface area (Å²) in [4.78, 5) is 0. The van der Waals surface area contributed by atoms with Crippen LogP contribution in [0.5, 0.6) is 23.0 Å². The van der Waals surface area contributed by atoms with E-state index < -0.39 is 98.9 Å². The highest BCUT2D eigenvalue weighted by Gasteiger charge is 2.45. The molecule has 0 spiro atoms. The van der Waals surface area contributed by atoms with E-state index in [2.05, 4.69) is 9.47 Å². The number of hydrogen-bond acceptors (Lipinski definition) is 4. The Balaban J connectivity index is 2.33. The second kappa shape index (κ2) is 9.36. The average molecular weight is 568 g/mol. The molecular weight excluding hydrogens is 559 g/mol. The minimum atomic E-state index is -5.92. The van der Waals surface area contributed by atoms with Crippen LogP contribution in [0.1, 0.15) is 16.7 Å². The molecule has 3 aromatic carbocycles. The first-order valence-electron chi connectivity index (χ1n) is 9.50. The topological polar surface area (TPSA) is 70.5 Å². The van der Waals surface area contributed by atoms with E-state index in [-0.39, 0.29) is 12.1 Å². The zero-order chi connectivity index (χ0) is 29.0. The molecule has 206 valence electrons. The van der Waals surface area contributed by atoms with Crippen LogP contribution < -0.4 is 20.9 Å². The van der Waals surface area contributed by atoms with E-state index >= 15 is 4.39 Å². The molecule has 3 aromatic rings. The summed E-state index contributed by atoms with van der Waals surface area (Å²) in [6.07, 6.45) is -17.0. The molecule has 0 saturated heterocycles. The van der Waals surface area contributed by atoms with Gasteiger partial charge in [-0.1, -0.05) is 0 Å². The van der Waals surface area contributed by atoms with Gasteiger partial charge in [0.25, 0.3) is 0 Å². The van der Waals surface area contributed by atoms with Crippen LogP contribution in [0, 0.1) is 23.3 Å². The van der Waals surface area contributed by atoms with Gasteiger partial charge in [-0.2, -0.15) is 43.9 Å². The molecule has 0 fully saturated rings. The van der Waals surface area contributed by atoms with Crippen LogP contribution in [0.3, 0.4) is 0 Å². The van der Waals surface area contributed by atoms with Gasteiger partial charge >= 0.3 is 18.5 Å². The number of alkyl halides is 9. The summed E-state index contributed by atoms with van der Waals surface area (Å²) in [5.74, 6) is -17.5. The summed E-state index contributed by atoms with van der Waals surface area (Å²) >= 11 is 0. The number of rotatable bonds is 4. The van der Waals surface area contributed by atoms with Gasteiger partial charge in [0.15, 0.2) is 34.6 Å². The Labute approximate surface area is 202 Å². The second-order valence-electron chi connectivity index (χ2n) is 7.25. The highest BCUT2D eigenvalue weighted by atomic mass is 19.4. The van der Waals surface area contributed by atoms with Gasteiger partial charge in [0.05, 0.1) is 0 Å². The molecular formula is C21H9F13N2O2. The van der Waals surface area contributed by atoms with Crippen molar-refractivity contribution in [2.75, 3.05) is 11.5 Å². The third-order valence-electron chi connectivity index (χ3n) is 4.69. The molecule has 0 bridgehead atoms. The smallest absolute Gasteiger partial charge is 0.422 e. The molecule has 0 aliphatic heterocycles. The summed E-state index contributed by atoms with van der Waals surface area (Å²) in [6.45, 7) is 0. The molecule has 17 heteroatoms. The van der Waals surface area contributed by atoms with E-state index in [1.807, 2.05) is 0 Å². The molecule has 0 aromatic heterocycles. The van der Waals surface area contributed by atoms with Gasteiger partial charge in [-0.3, -0.25) is 0 Å². The van der Waals surface area contributed by atoms with E-state index in [1.165, 1.54) is 0 Å². The lowest BCUT2D eigenvalue weighted by Gasteiger charge is -2.21. The van der Waals surface area contributed by atoms with Crippen molar-refractivity contribution in [3.05, 3.63) is 70.3 Å². The lowest BCUT2D eigenvalue weighted by Crippen LogP contribution is -2.16. The molecule has 0 amide bonds. The molecule has 0 aliphatic carbocycles. The summed E-state index contributed by atoms with van der Waals surface area (Å²) in [7, 11) is 0. The summed E-state index contributed by atoms with van der Waals surface area (Å²) < 4.78 is 188. The number of anilines is 2. The maximum absolute atomic E-state index is 15.1. The van der Waals surface area contributed by atoms with Gasteiger partial charge in [-0.25, -0.2) is 13.2 Å². The molecule has 0 aliphatic rings. The molecule has 4 N–H and O–H groups in total. The molecule has 3 rings (SSSR count). The van der Waals surface area contributed by atoms with Crippen LogP contribution in [0.2, 0.25) is 0 Å². The monoisotopic (exact) mass is 568 g/mol. The van der Waals surface area contributed by atoms with Gasteiger partial charge in [-0.05, 0) is 24.3 Å². The molecule has 4 nitrogen and oxygen atoms in total. The lowest BCUT2D eigenvalue weighted by atomic mass is 10.1. The van der Waals surface area contributed by atoms with Crippen LogP contribution in [0.4, 0.5) is 68.5 Å². The van der Waals surface area contributed by atoms with Crippen molar-refractivity contribution >= 4 is 11.4 Å². The van der Waals surface area contributed by atoms with Gasteiger partial charge in [0.2, 0.25) is 5.82 Å². The minimum absolute atomic E-state index is 0.194. The molecule has 38 heavy (non-hydrogen) atoms. The largest absolute Gasteiger partial charge is 0.450 e. The quantitative estimate of drug-likeness (QED) is 0.247. The van der Waals surface area contributed by atoms with Crippen molar-refractivity contribution in [2.24, 2.45) is 0 Å². The Kier molecular flexibility index (Phi) is 7.02. The maximum atomic E-state index is 15.1. The number of nitrogen functional groups attached to an aromatic ring is 2. The Morgan fingerprint density at radius 1 is 0.500 bits per heavy atom. The van der Waals surface area contributed by atoms with Crippen molar-refractivity contribution in [3.63, 3.8) is 0 Å². The highest BCUT2D eigenvalue weighted by molar-refractivity contribution is 5.60. The number of benzene rings is 3. The third-order valence-corrected chi connectivity index (χ3v) is 4.69. The Bertz CT molecular complexity index is 1400. The Hall–Kier alpha value is -4.05. The SMILES string of the molecule is Nc1ccc(F)c(Oc2cc(F)c(C(F)(F)F)c(Oc3c(F)ccc(N)c3C(F)(F)F)c2F)c1C(F)(F)F. The fourth-order valence-electron chi connectivity index (χ4n) is 3.16. The van der Waals surface area contributed by atoms with Gasteiger partial charge in [-0.15, -0.1) is 0 Å². The molecule has 0 radical (unpaired) electrons. The predicted molar refractivity (Wildman–Crippen MR) is 103 cm³/mol. The van der Waals surface area contributed by atoms with Crippen LogP contribution in [-0.2, 0) is 18.5 Å². The van der Waals surface area contributed by atoms with Crippen LogP contribution in [-0.4, -0.2) is 0 Å². The van der Waals surface area contributed by atoms with E-state index in [0.717, 1.165) is 0 Å². The van der Waals surface area contributed by atoms with Crippen molar-refractivity contribution in [1.82, 2.24) is 0 Å². The van der Waals surface area contributed by atoms with E-state index in [1.54, 1.807) is 0 Å². The first kappa shape index (κ1) is 28.5. The predicted octanol–water partition coefficient (Wildman–Crippen LogP) is 8.05. The summed E-state index contributed by atoms with van der Waals surface area (Å²) in [6, 6.07) is 0.749. The molecule has 0 unspecified atom stereocenters. The van der Waals surface area contributed by atoms with Gasteiger partial charge in [0.1, 0.15) is 22.5 Å². The van der Waals surface area contributed by atoms with E-state index in [4.69, 9.17) is 11.5 Å². The minimum Gasteiger partial charge on any atom is -0.450 e. The first-order valence-corrected chi connectivity index (χ1v) is 9.50. The lowest BCUT2D eigenvalue weighted by molar-refractivity contribution is -0.141. The van der Waals surface area contributed by atoms with E-state index in [0.29, 0.717) is 12.1 Å². The normalized spacial score (nSPS) is 12.6. The van der Waals surface area contributed by atoms with Crippen molar-refractivity contribution in [1.29, 1.82) is 0 Å².